The van der Waals surface area contributed by atoms with Crippen molar-refractivity contribution in [3.8, 4) is 0 Å². The zero-order valence-corrected chi connectivity index (χ0v) is 10.6. The molecule has 2 aromatic heterocycles. The van der Waals surface area contributed by atoms with Crippen LogP contribution in [-0.2, 0) is 6.54 Å². The third-order valence-corrected chi connectivity index (χ3v) is 3.41. The van der Waals surface area contributed by atoms with E-state index < -0.39 is 0 Å². The number of nitrogens with two attached hydrogens (primary N) is 1. The summed E-state index contributed by atoms with van der Waals surface area (Å²) in [7, 11) is 0. The average molecular weight is 250 g/mol. The summed E-state index contributed by atoms with van der Waals surface area (Å²) in [6.45, 7) is 4.57. The van der Waals surface area contributed by atoms with Crippen molar-refractivity contribution in [2.24, 2.45) is 5.73 Å². The molecule has 6 heteroatoms. The van der Waals surface area contributed by atoms with Gasteiger partial charge in [0.05, 0.1) is 17.8 Å². The summed E-state index contributed by atoms with van der Waals surface area (Å²) in [5.74, 6) is -0.104. The highest BCUT2D eigenvalue weighted by Crippen LogP contribution is 2.18. The van der Waals surface area contributed by atoms with E-state index in [4.69, 9.17) is 5.73 Å². The van der Waals surface area contributed by atoms with E-state index in [1.54, 1.807) is 22.5 Å². The van der Waals surface area contributed by atoms with Crippen LogP contribution in [-0.4, -0.2) is 20.5 Å². The molecule has 0 radical (unpaired) electrons. The van der Waals surface area contributed by atoms with Crippen molar-refractivity contribution in [3.05, 3.63) is 34.0 Å². The van der Waals surface area contributed by atoms with Gasteiger partial charge in [0.1, 0.15) is 10.7 Å². The van der Waals surface area contributed by atoms with E-state index in [9.17, 15) is 4.79 Å². The maximum absolute atomic E-state index is 12.1. The average Bonchev–Trinajstić information content (AvgIpc) is 2.97. The Morgan fingerprint density at radius 3 is 2.94 bits per heavy atom. The molecule has 0 aliphatic heterocycles. The number of carbonyl (C=O) groups is 1. The van der Waals surface area contributed by atoms with Gasteiger partial charge in [-0.2, -0.15) is 5.10 Å². The monoisotopic (exact) mass is 250 g/mol. The van der Waals surface area contributed by atoms with Crippen LogP contribution in [0, 0.1) is 0 Å². The van der Waals surface area contributed by atoms with Crippen molar-refractivity contribution in [3.63, 3.8) is 0 Å². The summed E-state index contributed by atoms with van der Waals surface area (Å²) in [5.41, 5.74) is 6.72. The van der Waals surface area contributed by atoms with Gasteiger partial charge >= 0.3 is 0 Å². The van der Waals surface area contributed by atoms with Crippen molar-refractivity contribution >= 4 is 17.1 Å². The summed E-state index contributed by atoms with van der Waals surface area (Å²) in [4.78, 5) is 16.3. The van der Waals surface area contributed by atoms with Crippen molar-refractivity contribution in [2.45, 2.75) is 26.4 Å². The molecule has 0 bridgehead atoms. The predicted octanol–water partition coefficient (Wildman–Crippen LogP) is 1.61. The number of ketones is 1. The van der Waals surface area contributed by atoms with E-state index in [1.165, 1.54) is 11.3 Å². The van der Waals surface area contributed by atoms with Crippen molar-refractivity contribution < 1.29 is 4.79 Å². The summed E-state index contributed by atoms with van der Waals surface area (Å²) >= 11 is 1.41. The normalized spacial score (nSPS) is 12.6. The minimum atomic E-state index is -0.139. The molecular weight excluding hydrogens is 236 g/mol. The van der Waals surface area contributed by atoms with Gasteiger partial charge < -0.3 is 5.73 Å². The lowest BCUT2D eigenvalue weighted by Crippen LogP contribution is -2.06. The van der Waals surface area contributed by atoms with Crippen LogP contribution < -0.4 is 5.73 Å². The van der Waals surface area contributed by atoms with E-state index in [1.807, 2.05) is 13.8 Å². The van der Waals surface area contributed by atoms with Crippen molar-refractivity contribution in [2.75, 3.05) is 0 Å². The van der Waals surface area contributed by atoms with E-state index in [2.05, 4.69) is 10.1 Å². The van der Waals surface area contributed by atoms with Gasteiger partial charge in [-0.15, -0.1) is 11.3 Å². The highest BCUT2D eigenvalue weighted by Gasteiger charge is 2.16. The lowest BCUT2D eigenvalue weighted by Gasteiger charge is -1.96. The Morgan fingerprint density at radius 2 is 2.41 bits per heavy atom. The number of aromatic nitrogens is 3. The molecule has 2 heterocycles. The molecule has 2 rings (SSSR count). The molecule has 90 valence electrons. The first kappa shape index (κ1) is 11.9. The molecule has 0 aliphatic carbocycles. The van der Waals surface area contributed by atoms with E-state index in [0.29, 0.717) is 11.3 Å². The molecule has 17 heavy (non-hydrogen) atoms. The molecule has 0 aromatic carbocycles. The van der Waals surface area contributed by atoms with Gasteiger partial charge in [-0.05, 0) is 13.8 Å². The minimum Gasteiger partial charge on any atom is -0.322 e. The maximum Gasteiger partial charge on any atom is 0.215 e. The molecule has 1 atom stereocenters. The lowest BCUT2D eigenvalue weighted by molar-refractivity contribution is 0.103. The fourth-order valence-corrected chi connectivity index (χ4v) is 2.16. The van der Waals surface area contributed by atoms with Crippen LogP contribution in [0.5, 0.6) is 0 Å². The molecule has 2 aromatic rings. The maximum atomic E-state index is 12.1. The SMILES string of the molecule is CCn1cc(C(=O)c2csc(C(C)N)n2)cn1. The summed E-state index contributed by atoms with van der Waals surface area (Å²) in [6.07, 6.45) is 3.30. The van der Waals surface area contributed by atoms with Gasteiger partial charge in [0.2, 0.25) is 5.78 Å². The molecule has 5 nitrogen and oxygen atoms in total. The number of rotatable bonds is 4. The number of nitrogens with zero attached hydrogens (tertiary/aromatic N) is 3. The highest BCUT2D eigenvalue weighted by molar-refractivity contribution is 7.09. The number of aryl methyl sites for hydroxylation is 1. The zero-order valence-electron chi connectivity index (χ0n) is 9.75. The number of carbonyl (C=O) groups excluding carboxylic acids is 1. The first-order valence-electron chi connectivity index (χ1n) is 5.40. The second-order valence-corrected chi connectivity index (χ2v) is 4.66. The Bertz CT molecular complexity index is 529. The number of hydrogen-bond donors (Lipinski definition) is 1. The quantitative estimate of drug-likeness (QED) is 0.837. The van der Waals surface area contributed by atoms with Crippen LogP contribution in [0.3, 0.4) is 0 Å². The van der Waals surface area contributed by atoms with Crippen LogP contribution in [0.2, 0.25) is 0 Å². The zero-order chi connectivity index (χ0) is 12.4. The van der Waals surface area contributed by atoms with Gasteiger partial charge in [-0.1, -0.05) is 0 Å². The first-order chi connectivity index (χ1) is 8.11. The molecule has 2 N–H and O–H groups in total. The Labute approximate surface area is 103 Å². The summed E-state index contributed by atoms with van der Waals surface area (Å²) in [5, 5.41) is 6.58. The summed E-state index contributed by atoms with van der Waals surface area (Å²) < 4.78 is 1.71. The third-order valence-electron chi connectivity index (χ3n) is 2.36. The minimum absolute atomic E-state index is 0.104. The smallest absolute Gasteiger partial charge is 0.215 e. The third kappa shape index (κ3) is 2.42. The largest absolute Gasteiger partial charge is 0.322 e. The standard InChI is InChI=1S/C11H14N4OS/c1-3-15-5-8(4-13-15)10(16)9-6-17-11(14-9)7(2)12/h4-7H,3,12H2,1-2H3. The Kier molecular flexibility index (Phi) is 3.35. The molecule has 0 saturated carbocycles. The van der Waals surface area contributed by atoms with Gasteiger partial charge in [0, 0.05) is 18.1 Å². The van der Waals surface area contributed by atoms with Crippen LogP contribution >= 0.6 is 11.3 Å². The van der Waals surface area contributed by atoms with E-state index in [0.717, 1.165) is 11.6 Å². The number of hydrogen-bond acceptors (Lipinski definition) is 5. The summed E-state index contributed by atoms with van der Waals surface area (Å²) in [6, 6.07) is -0.139. The second-order valence-electron chi connectivity index (χ2n) is 3.77. The fourth-order valence-electron chi connectivity index (χ4n) is 1.40. The van der Waals surface area contributed by atoms with Crippen LogP contribution in [0.15, 0.2) is 17.8 Å². The molecule has 1 unspecified atom stereocenters. The van der Waals surface area contributed by atoms with Crippen molar-refractivity contribution in [1.29, 1.82) is 0 Å². The van der Waals surface area contributed by atoms with E-state index >= 15 is 0 Å². The van der Waals surface area contributed by atoms with Crippen LogP contribution in [0.25, 0.3) is 0 Å². The molecule has 0 fully saturated rings. The fraction of sp³-hybridized carbons (Fsp3) is 0.364. The Morgan fingerprint density at radius 1 is 1.65 bits per heavy atom. The molecule has 0 amide bonds. The van der Waals surface area contributed by atoms with Gasteiger partial charge in [-0.3, -0.25) is 9.48 Å². The van der Waals surface area contributed by atoms with Gasteiger partial charge in [-0.25, -0.2) is 4.98 Å². The van der Waals surface area contributed by atoms with Gasteiger partial charge in [0.15, 0.2) is 0 Å². The Hall–Kier alpha value is -1.53. The first-order valence-corrected chi connectivity index (χ1v) is 6.28. The molecule has 0 saturated heterocycles. The van der Waals surface area contributed by atoms with Crippen molar-refractivity contribution in [1.82, 2.24) is 14.8 Å². The van der Waals surface area contributed by atoms with Crippen LogP contribution in [0.4, 0.5) is 0 Å². The highest BCUT2D eigenvalue weighted by atomic mass is 32.1. The lowest BCUT2D eigenvalue weighted by atomic mass is 10.2. The van der Waals surface area contributed by atoms with Crippen LogP contribution in [0.1, 0.15) is 40.9 Å². The van der Waals surface area contributed by atoms with Gasteiger partial charge in [0.25, 0.3) is 0 Å². The molecule has 0 aliphatic rings. The topological polar surface area (TPSA) is 73.8 Å². The Balaban J connectivity index is 2.24. The molecule has 0 spiro atoms. The number of thiazole rings is 1. The van der Waals surface area contributed by atoms with E-state index in [-0.39, 0.29) is 11.8 Å². The second kappa shape index (κ2) is 4.77. The molecular formula is C11H14N4OS. The predicted molar refractivity (Wildman–Crippen MR) is 66.0 cm³/mol.